The van der Waals surface area contributed by atoms with Crippen molar-refractivity contribution in [1.82, 2.24) is 10.5 Å². The second-order valence-electron chi connectivity index (χ2n) is 9.33. The molecule has 1 heterocycles. The number of rotatable bonds is 7. The second kappa shape index (κ2) is 9.19. The van der Waals surface area contributed by atoms with Crippen LogP contribution in [-0.4, -0.2) is 43.0 Å². The average Bonchev–Trinajstić information content (AvgIpc) is 3.31. The third-order valence-corrected chi connectivity index (χ3v) is 9.09. The molecule has 1 aromatic heterocycles. The molecule has 1 amide bonds. The van der Waals surface area contributed by atoms with Crippen LogP contribution in [0.5, 0.6) is 0 Å². The van der Waals surface area contributed by atoms with Gasteiger partial charge in [0.1, 0.15) is 11.3 Å². The summed E-state index contributed by atoms with van der Waals surface area (Å²) in [6, 6.07) is 4.56. The van der Waals surface area contributed by atoms with Crippen molar-refractivity contribution in [1.29, 1.82) is 5.26 Å². The molecular weight excluding hydrogens is 499 g/mol. The minimum Gasteiger partial charge on any atom is -0.378 e. The summed E-state index contributed by atoms with van der Waals surface area (Å²) < 4.78 is 79.0. The van der Waals surface area contributed by atoms with Crippen LogP contribution in [0.25, 0.3) is 11.1 Å². The Morgan fingerprint density at radius 3 is 2.53 bits per heavy atom. The maximum absolute atomic E-state index is 13.8. The number of benzene rings is 1. The van der Waals surface area contributed by atoms with E-state index in [9.17, 15) is 31.6 Å². The highest BCUT2D eigenvalue weighted by atomic mass is 32.2. The number of ether oxygens (including phenoxy) is 1. The van der Waals surface area contributed by atoms with Crippen LogP contribution in [0, 0.1) is 31.1 Å². The number of carbonyl (C=O) groups excluding carboxylic acids is 1. The fourth-order valence-corrected chi connectivity index (χ4v) is 6.79. The van der Waals surface area contributed by atoms with E-state index < -0.39 is 50.3 Å². The van der Waals surface area contributed by atoms with Gasteiger partial charge in [0.05, 0.1) is 39.5 Å². The van der Waals surface area contributed by atoms with Crippen molar-refractivity contribution in [3.8, 4) is 17.2 Å². The van der Waals surface area contributed by atoms with Gasteiger partial charge in [0, 0.05) is 17.7 Å². The van der Waals surface area contributed by atoms with Gasteiger partial charge in [-0.2, -0.15) is 18.4 Å². The predicted octanol–water partition coefficient (Wildman–Crippen LogP) is 4.11. The van der Waals surface area contributed by atoms with Gasteiger partial charge < -0.3 is 14.6 Å². The minimum absolute atomic E-state index is 0.00409. The van der Waals surface area contributed by atoms with Crippen molar-refractivity contribution < 1.29 is 35.6 Å². The number of carbonyl (C=O) groups is 1. The number of nitriles is 1. The van der Waals surface area contributed by atoms with Gasteiger partial charge in [-0.15, -0.1) is 0 Å². The first-order valence-corrected chi connectivity index (χ1v) is 13.1. The first-order chi connectivity index (χ1) is 16.8. The molecule has 0 saturated heterocycles. The Balaban J connectivity index is 1.73. The highest BCUT2D eigenvalue weighted by Gasteiger charge is 2.50. The molecule has 0 aliphatic heterocycles. The van der Waals surface area contributed by atoms with Crippen molar-refractivity contribution in [3.05, 3.63) is 35.2 Å². The predicted molar refractivity (Wildman–Crippen MR) is 121 cm³/mol. The third-order valence-electron chi connectivity index (χ3n) is 6.86. The largest absolute Gasteiger partial charge is 0.416 e. The van der Waals surface area contributed by atoms with Crippen molar-refractivity contribution in [2.24, 2.45) is 5.92 Å². The van der Waals surface area contributed by atoms with E-state index in [-0.39, 0.29) is 46.9 Å². The molecule has 12 heteroatoms. The van der Waals surface area contributed by atoms with E-state index in [1.807, 2.05) is 0 Å². The van der Waals surface area contributed by atoms with Gasteiger partial charge in [0.2, 0.25) is 5.91 Å². The lowest BCUT2D eigenvalue weighted by atomic mass is 10.0. The van der Waals surface area contributed by atoms with Crippen LogP contribution >= 0.6 is 0 Å². The summed E-state index contributed by atoms with van der Waals surface area (Å²) in [5.41, 5.74) is -1.64. The topological polar surface area (TPSA) is 122 Å². The van der Waals surface area contributed by atoms with E-state index >= 15 is 0 Å². The Bertz CT molecular complexity index is 1310. The first kappa shape index (κ1) is 26.2. The summed E-state index contributed by atoms with van der Waals surface area (Å²) in [5, 5.41) is 14.7. The highest BCUT2D eigenvalue weighted by Crippen LogP contribution is 2.43. The van der Waals surface area contributed by atoms with E-state index in [4.69, 9.17) is 9.26 Å². The van der Waals surface area contributed by atoms with E-state index in [1.54, 1.807) is 6.92 Å². The van der Waals surface area contributed by atoms with Crippen LogP contribution < -0.4 is 5.32 Å². The standard InChI is InChI=1S/C24H26F3N3O5S/c1-4-34-19-11-16(10-17(19)22(31)29-23(12-28)7-8-23)36(32,33)20-6-5-15(24(25,26)27)9-18(20)21-13(2)30-35-14(21)3/h5-6,9,16-17,19H,4,7-8,10-11H2,1-3H3,(H,29,31)/t16-,17-,19-/m0/s1. The maximum atomic E-state index is 13.8. The third kappa shape index (κ3) is 4.74. The number of amides is 1. The van der Waals surface area contributed by atoms with Gasteiger partial charge in [-0.3, -0.25) is 4.79 Å². The zero-order chi connectivity index (χ0) is 26.5. The molecule has 0 radical (unpaired) electrons. The van der Waals surface area contributed by atoms with Crippen LogP contribution in [0.4, 0.5) is 13.2 Å². The number of hydrogen-bond donors (Lipinski definition) is 1. The van der Waals surface area contributed by atoms with E-state index in [1.165, 1.54) is 13.8 Å². The molecule has 8 nitrogen and oxygen atoms in total. The van der Waals surface area contributed by atoms with Crippen LogP contribution in [0.2, 0.25) is 0 Å². The van der Waals surface area contributed by atoms with Crippen LogP contribution in [0.15, 0.2) is 27.6 Å². The van der Waals surface area contributed by atoms with Gasteiger partial charge in [-0.05, 0) is 64.7 Å². The quantitative estimate of drug-likeness (QED) is 0.577. The van der Waals surface area contributed by atoms with Crippen LogP contribution in [0.1, 0.15) is 49.6 Å². The summed E-state index contributed by atoms with van der Waals surface area (Å²) >= 11 is 0. The molecule has 194 valence electrons. The number of sulfone groups is 1. The molecule has 2 aliphatic carbocycles. The van der Waals surface area contributed by atoms with Crippen molar-refractivity contribution in [2.45, 2.75) is 74.4 Å². The van der Waals surface area contributed by atoms with Gasteiger partial charge >= 0.3 is 6.18 Å². The van der Waals surface area contributed by atoms with Crippen molar-refractivity contribution in [3.63, 3.8) is 0 Å². The fraction of sp³-hybridized carbons (Fsp3) is 0.542. The van der Waals surface area contributed by atoms with Crippen molar-refractivity contribution in [2.75, 3.05) is 6.61 Å². The lowest BCUT2D eigenvalue weighted by Gasteiger charge is -2.20. The minimum atomic E-state index is -4.69. The number of nitrogens with one attached hydrogen (secondary N) is 1. The number of aromatic nitrogens is 1. The molecule has 2 fully saturated rings. The lowest BCUT2D eigenvalue weighted by molar-refractivity contribution is -0.137. The molecule has 4 rings (SSSR count). The van der Waals surface area contributed by atoms with Crippen molar-refractivity contribution >= 4 is 15.7 Å². The van der Waals surface area contributed by atoms with Crippen LogP contribution in [-0.2, 0) is 25.5 Å². The lowest BCUT2D eigenvalue weighted by Crippen LogP contribution is -2.42. The zero-order valence-corrected chi connectivity index (χ0v) is 20.8. The number of nitrogens with zero attached hydrogens (tertiary/aromatic N) is 2. The van der Waals surface area contributed by atoms with E-state index in [2.05, 4.69) is 16.5 Å². The zero-order valence-electron chi connectivity index (χ0n) is 20.0. The molecule has 0 spiro atoms. The first-order valence-electron chi connectivity index (χ1n) is 11.6. The Morgan fingerprint density at radius 2 is 2.00 bits per heavy atom. The number of alkyl halides is 3. The number of halogens is 3. The smallest absolute Gasteiger partial charge is 0.378 e. The molecule has 2 aromatic rings. The highest BCUT2D eigenvalue weighted by molar-refractivity contribution is 7.92. The Kier molecular flexibility index (Phi) is 6.68. The number of hydrogen-bond acceptors (Lipinski definition) is 7. The maximum Gasteiger partial charge on any atom is 0.416 e. The Hall–Kier alpha value is -2.91. The monoisotopic (exact) mass is 525 g/mol. The number of aryl methyl sites for hydroxylation is 2. The molecule has 0 bridgehead atoms. The molecule has 3 atom stereocenters. The Labute approximate surface area is 206 Å². The summed E-state index contributed by atoms with van der Waals surface area (Å²) in [5.74, 6) is -1.08. The molecule has 1 aromatic carbocycles. The molecule has 2 aliphatic rings. The fourth-order valence-electron chi connectivity index (χ4n) is 4.80. The van der Waals surface area contributed by atoms with Gasteiger partial charge in [0.25, 0.3) is 0 Å². The van der Waals surface area contributed by atoms with Crippen LogP contribution in [0.3, 0.4) is 0 Å². The Morgan fingerprint density at radius 1 is 1.31 bits per heavy atom. The van der Waals surface area contributed by atoms with Gasteiger partial charge in [0.15, 0.2) is 9.84 Å². The SMILES string of the molecule is CCO[C@H]1C[C@@H](S(=O)(=O)c2ccc(C(F)(F)F)cc2-c2c(C)noc2C)C[C@@H]1C(=O)NC1(C#N)CC1. The second-order valence-corrected chi connectivity index (χ2v) is 11.5. The molecular formula is C24H26F3N3O5S. The summed E-state index contributed by atoms with van der Waals surface area (Å²) in [4.78, 5) is 12.7. The average molecular weight is 526 g/mol. The summed E-state index contributed by atoms with van der Waals surface area (Å²) in [7, 11) is -4.20. The summed E-state index contributed by atoms with van der Waals surface area (Å²) in [6.07, 6.45) is -4.43. The normalized spacial score (nSPS) is 23.3. The summed E-state index contributed by atoms with van der Waals surface area (Å²) in [6.45, 7) is 4.98. The molecule has 1 N–H and O–H groups in total. The molecule has 36 heavy (non-hydrogen) atoms. The van der Waals surface area contributed by atoms with Gasteiger partial charge in [-0.1, -0.05) is 5.16 Å². The van der Waals surface area contributed by atoms with Gasteiger partial charge in [-0.25, -0.2) is 8.42 Å². The van der Waals surface area contributed by atoms with E-state index in [0.717, 1.165) is 18.2 Å². The van der Waals surface area contributed by atoms with E-state index in [0.29, 0.717) is 12.8 Å². The molecule has 2 saturated carbocycles. The molecule has 0 unspecified atom stereocenters.